The molecule has 1 unspecified atom stereocenters. The lowest BCUT2D eigenvalue weighted by atomic mass is 9.89. The van der Waals surface area contributed by atoms with Gasteiger partial charge >= 0.3 is 0 Å². The number of hydrogen-bond donors (Lipinski definition) is 1. The van der Waals surface area contributed by atoms with E-state index in [0.29, 0.717) is 25.2 Å². The van der Waals surface area contributed by atoms with Crippen LogP contribution in [0.4, 0.5) is 0 Å². The first-order valence-corrected chi connectivity index (χ1v) is 8.59. The molecule has 2 aromatic carbocycles. The third-order valence-corrected chi connectivity index (χ3v) is 4.75. The van der Waals surface area contributed by atoms with Crippen molar-refractivity contribution in [3.05, 3.63) is 71.7 Å². The summed E-state index contributed by atoms with van der Waals surface area (Å²) >= 11 is 0. The van der Waals surface area contributed by atoms with Crippen molar-refractivity contribution in [3.8, 4) is 17.1 Å². The average molecular weight is 349 g/mol. The van der Waals surface area contributed by atoms with Crippen LogP contribution in [0.3, 0.4) is 0 Å². The Bertz CT molecular complexity index is 918. The minimum atomic E-state index is -0.142. The van der Waals surface area contributed by atoms with Crippen LogP contribution in [-0.4, -0.2) is 22.5 Å². The van der Waals surface area contributed by atoms with Crippen LogP contribution in [0.25, 0.3) is 11.3 Å². The highest BCUT2D eigenvalue weighted by atomic mass is 16.5. The van der Waals surface area contributed by atoms with Gasteiger partial charge in [-0.1, -0.05) is 36.4 Å². The van der Waals surface area contributed by atoms with Crippen LogP contribution in [0.2, 0.25) is 0 Å². The van der Waals surface area contributed by atoms with Gasteiger partial charge < -0.3 is 14.3 Å². The first kappa shape index (κ1) is 16.5. The molecule has 0 spiro atoms. The maximum absolute atomic E-state index is 12.7. The summed E-state index contributed by atoms with van der Waals surface area (Å²) in [6.45, 7) is 0.289. The molecule has 132 valence electrons. The molecule has 26 heavy (non-hydrogen) atoms. The van der Waals surface area contributed by atoms with Gasteiger partial charge in [0.05, 0.1) is 25.3 Å². The molecule has 0 aliphatic carbocycles. The number of carbonyl (C=O) groups excluding carboxylic acids is 1. The van der Waals surface area contributed by atoms with E-state index < -0.39 is 0 Å². The number of Topliss-reactive ketones (excluding diaryl/α,β-unsaturated/α-hetero) is 1. The third kappa shape index (κ3) is 3.26. The van der Waals surface area contributed by atoms with Gasteiger partial charge in [0.1, 0.15) is 11.5 Å². The molecular formula is C21H19NO4. The van der Waals surface area contributed by atoms with Gasteiger partial charge in [0, 0.05) is 12.0 Å². The highest BCUT2D eigenvalue weighted by Gasteiger charge is 2.25. The number of aromatic nitrogens is 1. The number of para-hydroxylation sites is 1. The summed E-state index contributed by atoms with van der Waals surface area (Å²) in [5.41, 5.74) is 3.46. The minimum Gasteiger partial charge on any atom is -0.493 e. The molecule has 0 bridgehead atoms. The van der Waals surface area contributed by atoms with Crippen LogP contribution in [0.15, 0.2) is 59.5 Å². The van der Waals surface area contributed by atoms with Crippen molar-refractivity contribution < 1.29 is 19.1 Å². The Morgan fingerprint density at radius 1 is 1.23 bits per heavy atom. The molecule has 0 saturated carbocycles. The molecular weight excluding hydrogens is 330 g/mol. The number of ether oxygens (including phenoxy) is 1. The van der Waals surface area contributed by atoms with E-state index in [0.717, 1.165) is 28.0 Å². The summed E-state index contributed by atoms with van der Waals surface area (Å²) in [5.74, 6) is 1.48. The van der Waals surface area contributed by atoms with Gasteiger partial charge in [-0.25, -0.2) is 4.98 Å². The van der Waals surface area contributed by atoms with E-state index in [9.17, 15) is 9.90 Å². The van der Waals surface area contributed by atoms with Gasteiger partial charge in [-0.05, 0) is 29.2 Å². The minimum absolute atomic E-state index is 0.127. The SMILES string of the molecule is O=C(Cc1ccc(-c2cnco2)c(CO)c1)C1COc2ccccc2C1. The van der Waals surface area contributed by atoms with Crippen LogP contribution >= 0.6 is 0 Å². The van der Waals surface area contributed by atoms with Crippen molar-refractivity contribution in [2.75, 3.05) is 6.61 Å². The topological polar surface area (TPSA) is 72.6 Å². The second-order valence-corrected chi connectivity index (χ2v) is 6.48. The lowest BCUT2D eigenvalue weighted by Crippen LogP contribution is -2.29. The molecule has 1 aliphatic heterocycles. The van der Waals surface area contributed by atoms with Crippen LogP contribution in [0.5, 0.6) is 5.75 Å². The van der Waals surface area contributed by atoms with Crippen LogP contribution in [-0.2, 0) is 24.2 Å². The van der Waals surface area contributed by atoms with Crippen molar-refractivity contribution in [3.63, 3.8) is 0 Å². The summed E-state index contributed by atoms with van der Waals surface area (Å²) in [6, 6.07) is 13.5. The first-order chi connectivity index (χ1) is 12.7. The Morgan fingerprint density at radius 3 is 2.92 bits per heavy atom. The molecule has 0 amide bonds. The first-order valence-electron chi connectivity index (χ1n) is 8.59. The fourth-order valence-electron chi connectivity index (χ4n) is 3.36. The van der Waals surface area contributed by atoms with E-state index >= 15 is 0 Å². The number of nitrogens with zero attached hydrogens (tertiary/aromatic N) is 1. The van der Waals surface area contributed by atoms with Crippen LogP contribution < -0.4 is 4.74 Å². The zero-order valence-corrected chi connectivity index (χ0v) is 14.2. The Balaban J connectivity index is 1.50. The predicted octanol–water partition coefficient (Wildman–Crippen LogP) is 3.20. The lowest BCUT2D eigenvalue weighted by Gasteiger charge is -2.24. The molecule has 0 saturated heterocycles. The van der Waals surface area contributed by atoms with E-state index in [1.165, 1.54) is 6.39 Å². The smallest absolute Gasteiger partial charge is 0.181 e. The molecule has 4 rings (SSSR count). The van der Waals surface area contributed by atoms with Gasteiger partial charge in [-0.2, -0.15) is 0 Å². The fraction of sp³-hybridized carbons (Fsp3) is 0.238. The molecule has 5 nitrogen and oxygen atoms in total. The standard InChI is InChI=1S/C21H19NO4/c23-11-16-7-14(5-6-18(16)21-10-22-13-26-21)8-19(24)17-9-15-3-1-2-4-20(15)25-12-17/h1-7,10,13,17,23H,8-9,11-12H2. The number of carbonyl (C=O) groups is 1. The van der Waals surface area contributed by atoms with Crippen molar-refractivity contribution in [2.24, 2.45) is 5.92 Å². The number of fused-ring (bicyclic) bond motifs is 1. The normalized spacial score (nSPS) is 16.0. The van der Waals surface area contributed by atoms with E-state index in [4.69, 9.17) is 9.15 Å². The monoisotopic (exact) mass is 349 g/mol. The Kier molecular flexibility index (Phi) is 4.54. The highest BCUT2D eigenvalue weighted by Crippen LogP contribution is 2.29. The average Bonchev–Trinajstić information content (AvgIpc) is 3.22. The second kappa shape index (κ2) is 7.14. The molecule has 3 aromatic rings. The molecule has 0 fully saturated rings. The third-order valence-electron chi connectivity index (χ3n) is 4.75. The molecule has 2 heterocycles. The van der Waals surface area contributed by atoms with Crippen molar-refractivity contribution in [1.82, 2.24) is 4.98 Å². The van der Waals surface area contributed by atoms with Crippen LogP contribution in [0, 0.1) is 5.92 Å². The number of oxazole rings is 1. The number of rotatable bonds is 5. The summed E-state index contributed by atoms with van der Waals surface area (Å²) < 4.78 is 11.0. The van der Waals surface area contributed by atoms with E-state index in [1.807, 2.05) is 42.5 Å². The summed E-state index contributed by atoms with van der Waals surface area (Å²) in [4.78, 5) is 16.6. The molecule has 1 N–H and O–H groups in total. The molecule has 5 heteroatoms. The van der Waals surface area contributed by atoms with Crippen molar-refractivity contribution >= 4 is 5.78 Å². The second-order valence-electron chi connectivity index (χ2n) is 6.48. The van der Waals surface area contributed by atoms with Gasteiger partial charge in [-0.15, -0.1) is 0 Å². The maximum Gasteiger partial charge on any atom is 0.181 e. The van der Waals surface area contributed by atoms with Crippen LogP contribution in [0.1, 0.15) is 16.7 Å². The maximum atomic E-state index is 12.7. The Hall–Kier alpha value is -2.92. The van der Waals surface area contributed by atoms with Gasteiger partial charge in [-0.3, -0.25) is 4.79 Å². The zero-order chi connectivity index (χ0) is 17.9. The lowest BCUT2D eigenvalue weighted by molar-refractivity contribution is -0.123. The van der Waals surface area contributed by atoms with E-state index in [1.54, 1.807) is 6.20 Å². The Morgan fingerprint density at radius 2 is 2.12 bits per heavy atom. The van der Waals surface area contributed by atoms with E-state index in [2.05, 4.69) is 4.98 Å². The molecule has 0 radical (unpaired) electrons. The molecule has 1 atom stereocenters. The number of aliphatic hydroxyl groups is 1. The van der Waals surface area contributed by atoms with Gasteiger partial charge in [0.25, 0.3) is 0 Å². The summed E-state index contributed by atoms with van der Waals surface area (Å²) in [5, 5.41) is 9.67. The molecule has 1 aromatic heterocycles. The van der Waals surface area contributed by atoms with Gasteiger partial charge in [0.2, 0.25) is 0 Å². The molecule has 1 aliphatic rings. The van der Waals surface area contributed by atoms with E-state index in [-0.39, 0.29) is 18.3 Å². The number of ketones is 1. The number of hydrogen-bond acceptors (Lipinski definition) is 5. The summed E-state index contributed by atoms with van der Waals surface area (Å²) in [6.07, 6.45) is 3.99. The Labute approximate surface area is 151 Å². The van der Waals surface area contributed by atoms with Crippen molar-refractivity contribution in [2.45, 2.75) is 19.4 Å². The fourth-order valence-corrected chi connectivity index (χ4v) is 3.36. The number of benzene rings is 2. The number of aliphatic hydroxyl groups excluding tert-OH is 1. The van der Waals surface area contributed by atoms with Gasteiger partial charge in [0.15, 0.2) is 12.2 Å². The predicted molar refractivity (Wildman–Crippen MR) is 95.7 cm³/mol. The quantitative estimate of drug-likeness (QED) is 0.766. The largest absolute Gasteiger partial charge is 0.493 e. The summed E-state index contributed by atoms with van der Waals surface area (Å²) in [7, 11) is 0. The zero-order valence-electron chi connectivity index (χ0n) is 14.2. The highest BCUT2D eigenvalue weighted by molar-refractivity contribution is 5.84. The van der Waals surface area contributed by atoms with Crippen molar-refractivity contribution in [1.29, 1.82) is 0 Å².